The molecule has 0 aliphatic carbocycles. The fraction of sp³-hybridized carbons (Fsp3) is 0.692. The number of carbonyl (C=O) groups is 1. The normalized spacial score (nSPS) is 21.5. The van der Waals surface area contributed by atoms with Gasteiger partial charge in [-0.2, -0.15) is 5.10 Å². The van der Waals surface area contributed by atoms with Gasteiger partial charge in [-0.1, -0.05) is 6.92 Å². The Morgan fingerprint density at radius 1 is 1.67 bits per heavy atom. The second-order valence-electron chi connectivity index (χ2n) is 5.15. The third kappa shape index (κ3) is 3.84. The molecule has 18 heavy (non-hydrogen) atoms. The zero-order valence-corrected chi connectivity index (χ0v) is 10.9. The third-order valence-electron chi connectivity index (χ3n) is 3.68. The van der Waals surface area contributed by atoms with E-state index in [-0.39, 0.29) is 5.91 Å². The Hall–Kier alpha value is -1.36. The summed E-state index contributed by atoms with van der Waals surface area (Å²) in [4.78, 5) is 11.8. The Morgan fingerprint density at radius 3 is 3.22 bits per heavy atom. The lowest BCUT2D eigenvalue weighted by molar-refractivity contribution is -0.122. The Labute approximate surface area is 108 Å². The molecule has 0 aromatic carbocycles. The molecule has 2 unspecified atom stereocenters. The first-order chi connectivity index (χ1) is 8.75. The van der Waals surface area contributed by atoms with E-state index in [4.69, 9.17) is 0 Å². The molecule has 2 heterocycles. The number of H-pyrrole nitrogens is 1. The number of aromatic nitrogens is 2. The predicted molar refractivity (Wildman–Crippen MR) is 69.8 cm³/mol. The maximum Gasteiger partial charge on any atom is 0.220 e. The van der Waals surface area contributed by atoms with E-state index >= 15 is 0 Å². The van der Waals surface area contributed by atoms with Crippen LogP contribution in [0, 0.1) is 11.8 Å². The number of carbonyl (C=O) groups excluding carboxylic acids is 1. The third-order valence-corrected chi connectivity index (χ3v) is 3.68. The molecule has 0 spiro atoms. The molecule has 100 valence electrons. The summed E-state index contributed by atoms with van der Waals surface area (Å²) in [5.74, 6) is 1.21. The topological polar surface area (TPSA) is 69.8 Å². The van der Waals surface area contributed by atoms with Crippen molar-refractivity contribution in [3.63, 3.8) is 0 Å². The van der Waals surface area contributed by atoms with E-state index in [0.29, 0.717) is 24.8 Å². The second kappa shape index (κ2) is 6.54. The SMILES string of the molecule is CC(CC(=O)NCc1ccn[nH]1)C1CCCNC1. The molecule has 0 saturated carbocycles. The summed E-state index contributed by atoms with van der Waals surface area (Å²) in [6, 6.07) is 1.87. The first kappa shape index (κ1) is 13.1. The van der Waals surface area contributed by atoms with E-state index in [2.05, 4.69) is 27.8 Å². The van der Waals surface area contributed by atoms with Gasteiger partial charge in [0.15, 0.2) is 0 Å². The number of nitrogens with one attached hydrogen (secondary N) is 3. The van der Waals surface area contributed by atoms with Gasteiger partial charge in [-0.15, -0.1) is 0 Å². The fourth-order valence-corrected chi connectivity index (χ4v) is 2.47. The maximum atomic E-state index is 11.8. The van der Waals surface area contributed by atoms with Crippen LogP contribution in [0.4, 0.5) is 0 Å². The molecule has 0 bridgehead atoms. The highest BCUT2D eigenvalue weighted by Crippen LogP contribution is 2.22. The molecule has 1 fully saturated rings. The van der Waals surface area contributed by atoms with E-state index < -0.39 is 0 Å². The minimum absolute atomic E-state index is 0.127. The summed E-state index contributed by atoms with van der Waals surface area (Å²) in [5, 5.41) is 13.0. The average molecular weight is 250 g/mol. The highest BCUT2D eigenvalue weighted by Gasteiger charge is 2.21. The predicted octanol–water partition coefficient (Wildman–Crippen LogP) is 1.05. The molecular formula is C13H22N4O. The molecule has 1 saturated heterocycles. The van der Waals surface area contributed by atoms with Crippen molar-refractivity contribution in [2.45, 2.75) is 32.7 Å². The van der Waals surface area contributed by atoms with Gasteiger partial charge in [-0.05, 0) is 43.8 Å². The van der Waals surface area contributed by atoms with Crippen molar-refractivity contribution in [1.82, 2.24) is 20.8 Å². The minimum Gasteiger partial charge on any atom is -0.350 e. The summed E-state index contributed by atoms with van der Waals surface area (Å²) in [6.07, 6.45) is 4.77. The summed E-state index contributed by atoms with van der Waals surface area (Å²) in [6.45, 7) is 4.88. The van der Waals surface area contributed by atoms with Crippen LogP contribution in [0.2, 0.25) is 0 Å². The van der Waals surface area contributed by atoms with Gasteiger partial charge in [-0.3, -0.25) is 9.89 Å². The minimum atomic E-state index is 0.127. The first-order valence-electron chi connectivity index (χ1n) is 6.71. The average Bonchev–Trinajstić information content (AvgIpc) is 2.90. The van der Waals surface area contributed by atoms with Gasteiger partial charge in [0, 0.05) is 12.6 Å². The monoisotopic (exact) mass is 250 g/mol. The van der Waals surface area contributed by atoms with E-state index in [0.717, 1.165) is 18.8 Å². The first-order valence-corrected chi connectivity index (χ1v) is 6.71. The van der Waals surface area contributed by atoms with Crippen molar-refractivity contribution in [2.75, 3.05) is 13.1 Å². The highest BCUT2D eigenvalue weighted by atomic mass is 16.1. The van der Waals surface area contributed by atoms with Crippen molar-refractivity contribution < 1.29 is 4.79 Å². The van der Waals surface area contributed by atoms with Crippen LogP contribution >= 0.6 is 0 Å². The highest BCUT2D eigenvalue weighted by molar-refractivity contribution is 5.76. The molecule has 3 N–H and O–H groups in total. The van der Waals surface area contributed by atoms with Gasteiger partial charge in [0.2, 0.25) is 5.91 Å². The smallest absolute Gasteiger partial charge is 0.220 e. The molecule has 0 radical (unpaired) electrons. The van der Waals surface area contributed by atoms with Gasteiger partial charge < -0.3 is 10.6 Å². The van der Waals surface area contributed by atoms with E-state index in [1.807, 2.05) is 6.07 Å². The van der Waals surface area contributed by atoms with Crippen LogP contribution in [0.25, 0.3) is 0 Å². The lowest BCUT2D eigenvalue weighted by Crippen LogP contribution is -2.35. The quantitative estimate of drug-likeness (QED) is 0.731. The molecule has 1 aliphatic heterocycles. The van der Waals surface area contributed by atoms with Crippen LogP contribution in [0.15, 0.2) is 12.3 Å². The largest absolute Gasteiger partial charge is 0.350 e. The van der Waals surface area contributed by atoms with Gasteiger partial charge in [0.1, 0.15) is 0 Å². The van der Waals surface area contributed by atoms with Crippen molar-refractivity contribution in [1.29, 1.82) is 0 Å². The number of rotatable bonds is 5. The van der Waals surface area contributed by atoms with Crippen molar-refractivity contribution in [3.8, 4) is 0 Å². The van der Waals surface area contributed by atoms with E-state index in [1.165, 1.54) is 12.8 Å². The van der Waals surface area contributed by atoms with Crippen molar-refractivity contribution >= 4 is 5.91 Å². The van der Waals surface area contributed by atoms with Gasteiger partial charge >= 0.3 is 0 Å². The lowest BCUT2D eigenvalue weighted by Gasteiger charge is -2.27. The van der Waals surface area contributed by atoms with Crippen molar-refractivity contribution in [3.05, 3.63) is 18.0 Å². The zero-order valence-electron chi connectivity index (χ0n) is 10.9. The van der Waals surface area contributed by atoms with Gasteiger partial charge in [0.25, 0.3) is 0 Å². The molecule has 2 atom stereocenters. The fourth-order valence-electron chi connectivity index (χ4n) is 2.47. The number of aromatic amines is 1. The summed E-state index contributed by atoms with van der Waals surface area (Å²) in [7, 11) is 0. The van der Waals surface area contributed by atoms with Gasteiger partial charge in [-0.25, -0.2) is 0 Å². The Morgan fingerprint density at radius 2 is 2.56 bits per heavy atom. The molecule has 1 aromatic rings. The maximum absolute atomic E-state index is 11.8. The number of hydrogen-bond donors (Lipinski definition) is 3. The number of nitrogens with zero attached hydrogens (tertiary/aromatic N) is 1. The number of hydrogen-bond acceptors (Lipinski definition) is 3. The van der Waals surface area contributed by atoms with Gasteiger partial charge in [0.05, 0.1) is 12.2 Å². The number of piperidine rings is 1. The summed E-state index contributed by atoms with van der Waals surface area (Å²) in [5.41, 5.74) is 0.940. The van der Waals surface area contributed by atoms with E-state index in [1.54, 1.807) is 6.20 Å². The van der Waals surface area contributed by atoms with Crippen LogP contribution in [-0.2, 0) is 11.3 Å². The molecule has 1 amide bonds. The molecule has 5 heteroatoms. The van der Waals surface area contributed by atoms with Crippen LogP contribution in [0.1, 0.15) is 31.9 Å². The number of amides is 1. The molecule has 1 aliphatic rings. The van der Waals surface area contributed by atoms with Crippen LogP contribution in [-0.4, -0.2) is 29.2 Å². The van der Waals surface area contributed by atoms with E-state index in [9.17, 15) is 4.79 Å². The zero-order chi connectivity index (χ0) is 12.8. The summed E-state index contributed by atoms with van der Waals surface area (Å²) < 4.78 is 0. The molecule has 1 aromatic heterocycles. The lowest BCUT2D eigenvalue weighted by atomic mass is 9.85. The molecular weight excluding hydrogens is 228 g/mol. The van der Waals surface area contributed by atoms with Crippen LogP contribution in [0.3, 0.4) is 0 Å². The molecule has 2 rings (SSSR count). The van der Waals surface area contributed by atoms with Crippen LogP contribution in [0.5, 0.6) is 0 Å². The second-order valence-corrected chi connectivity index (χ2v) is 5.15. The Balaban J connectivity index is 1.69. The molecule has 5 nitrogen and oxygen atoms in total. The van der Waals surface area contributed by atoms with Crippen LogP contribution < -0.4 is 10.6 Å². The Bertz CT molecular complexity index is 357. The Kier molecular flexibility index (Phi) is 4.75. The van der Waals surface area contributed by atoms with Crippen molar-refractivity contribution in [2.24, 2.45) is 11.8 Å². The summed E-state index contributed by atoms with van der Waals surface area (Å²) >= 11 is 0. The standard InChI is InChI=1S/C13H22N4O/c1-10(11-3-2-5-14-8-11)7-13(18)15-9-12-4-6-16-17-12/h4,6,10-11,14H,2-3,5,7-9H2,1H3,(H,15,18)(H,16,17).